The summed E-state index contributed by atoms with van der Waals surface area (Å²) in [5.41, 5.74) is 3.67. The molecule has 20 heavy (non-hydrogen) atoms. The molecule has 0 saturated carbocycles. The van der Waals surface area contributed by atoms with Crippen molar-refractivity contribution in [3.63, 3.8) is 0 Å². The van der Waals surface area contributed by atoms with Crippen LogP contribution in [0.5, 0.6) is 0 Å². The maximum Gasteiger partial charge on any atom is 0.270 e. The zero-order chi connectivity index (χ0) is 13.9. The fraction of sp³-hybridized carbons (Fsp3) is 0.125. The molecule has 0 atom stereocenters. The Hall–Kier alpha value is -2.62. The number of para-hydroxylation sites is 1. The topological polar surface area (TPSA) is 61.5 Å². The van der Waals surface area contributed by atoms with Crippen LogP contribution in [-0.2, 0) is 0 Å². The molecule has 4 heteroatoms. The molecule has 2 aromatic heterocycles. The molecule has 2 N–H and O–H groups in total. The number of H-pyrrole nitrogens is 2. The van der Waals surface area contributed by atoms with Gasteiger partial charge in [-0.2, -0.15) is 0 Å². The molecule has 2 aromatic carbocycles. The van der Waals surface area contributed by atoms with Crippen LogP contribution in [0.1, 0.15) is 11.3 Å². The van der Waals surface area contributed by atoms with Gasteiger partial charge in [-0.15, -0.1) is 0 Å². The molecule has 0 amide bonds. The summed E-state index contributed by atoms with van der Waals surface area (Å²) in [6.45, 7) is 3.92. The summed E-state index contributed by atoms with van der Waals surface area (Å²) in [7, 11) is 0. The molecular weight excluding hydrogens is 250 g/mol. The standard InChI is InChI=1S/C16H13N3O/c1-8-14-11(9(2)18-19-16(14)20)7-12-10-5-3-4-6-13(10)17-15(8)12/h3-7,18H,1-2H3,(H,19,20). The Labute approximate surface area is 114 Å². The molecule has 0 radical (unpaired) electrons. The highest BCUT2D eigenvalue weighted by atomic mass is 16.1. The van der Waals surface area contributed by atoms with Gasteiger partial charge in [0, 0.05) is 21.9 Å². The summed E-state index contributed by atoms with van der Waals surface area (Å²) in [4.78, 5) is 16.8. The third kappa shape index (κ3) is 1.30. The van der Waals surface area contributed by atoms with Crippen LogP contribution >= 0.6 is 0 Å². The number of fused-ring (bicyclic) bond motifs is 4. The van der Waals surface area contributed by atoms with Gasteiger partial charge in [0.25, 0.3) is 5.56 Å². The highest BCUT2D eigenvalue weighted by Crippen LogP contribution is 2.31. The zero-order valence-corrected chi connectivity index (χ0v) is 11.2. The van der Waals surface area contributed by atoms with Crippen LogP contribution in [-0.4, -0.2) is 15.2 Å². The molecule has 0 aliphatic heterocycles. The Morgan fingerprint density at radius 1 is 1.00 bits per heavy atom. The molecule has 0 fully saturated rings. The van der Waals surface area contributed by atoms with E-state index in [-0.39, 0.29) is 5.56 Å². The first-order valence-electron chi connectivity index (χ1n) is 6.56. The van der Waals surface area contributed by atoms with Crippen LogP contribution in [0.4, 0.5) is 0 Å². The first-order chi connectivity index (χ1) is 9.66. The monoisotopic (exact) mass is 263 g/mol. The highest BCUT2D eigenvalue weighted by Gasteiger charge is 2.13. The molecule has 0 aliphatic carbocycles. The van der Waals surface area contributed by atoms with E-state index in [0.717, 1.165) is 43.8 Å². The van der Waals surface area contributed by atoms with Crippen LogP contribution in [0.15, 0.2) is 35.1 Å². The molecule has 2 heterocycles. The van der Waals surface area contributed by atoms with Crippen LogP contribution in [0.2, 0.25) is 0 Å². The van der Waals surface area contributed by atoms with E-state index in [1.54, 1.807) is 0 Å². The van der Waals surface area contributed by atoms with Crippen molar-refractivity contribution in [3.8, 4) is 0 Å². The minimum atomic E-state index is -0.0999. The van der Waals surface area contributed by atoms with E-state index in [9.17, 15) is 4.79 Å². The highest BCUT2D eigenvalue weighted by molar-refractivity contribution is 6.13. The smallest absolute Gasteiger partial charge is 0.270 e. The number of aromatic amines is 2. The lowest BCUT2D eigenvalue weighted by Crippen LogP contribution is -2.11. The Morgan fingerprint density at radius 3 is 2.65 bits per heavy atom. The molecule has 0 bridgehead atoms. The second-order valence-corrected chi connectivity index (χ2v) is 5.15. The van der Waals surface area contributed by atoms with Gasteiger partial charge < -0.3 is 5.10 Å². The molecule has 0 spiro atoms. The zero-order valence-electron chi connectivity index (χ0n) is 11.2. The SMILES string of the molecule is Cc1[nH][nH]c(=O)c2c(C)c3nc4ccccc4c3cc12. The summed E-state index contributed by atoms with van der Waals surface area (Å²) in [5.74, 6) is 0. The number of benzene rings is 2. The Kier molecular flexibility index (Phi) is 2.07. The molecule has 0 saturated heterocycles. The lowest BCUT2D eigenvalue weighted by molar-refractivity contribution is 0.969. The van der Waals surface area contributed by atoms with E-state index < -0.39 is 0 Å². The van der Waals surface area contributed by atoms with Gasteiger partial charge in [-0.1, -0.05) is 18.2 Å². The molecule has 4 rings (SSSR count). The van der Waals surface area contributed by atoms with Crippen molar-refractivity contribution in [2.45, 2.75) is 13.8 Å². The molecule has 4 nitrogen and oxygen atoms in total. The van der Waals surface area contributed by atoms with Crippen LogP contribution in [0.25, 0.3) is 32.6 Å². The van der Waals surface area contributed by atoms with Crippen LogP contribution in [0.3, 0.4) is 0 Å². The first kappa shape index (κ1) is 11.2. The second kappa shape index (κ2) is 3.70. The maximum atomic E-state index is 12.1. The molecule has 4 aromatic rings. The third-order valence-corrected chi connectivity index (χ3v) is 3.96. The molecule has 98 valence electrons. The van der Waals surface area contributed by atoms with Crippen LogP contribution < -0.4 is 5.56 Å². The number of hydrogen-bond donors (Lipinski definition) is 2. The number of nitrogens with one attached hydrogen (secondary N) is 2. The first-order valence-corrected chi connectivity index (χ1v) is 6.56. The van der Waals surface area contributed by atoms with Crippen molar-refractivity contribution in [1.29, 1.82) is 0 Å². The summed E-state index contributed by atoms with van der Waals surface area (Å²) in [6, 6.07) is 10.1. The summed E-state index contributed by atoms with van der Waals surface area (Å²) in [5, 5.41) is 9.50. The Bertz CT molecular complexity index is 1040. The summed E-state index contributed by atoms with van der Waals surface area (Å²) < 4.78 is 0. The lowest BCUT2D eigenvalue weighted by atomic mass is 10.0. The van der Waals surface area contributed by atoms with Crippen LogP contribution in [0, 0.1) is 13.8 Å². The molecular formula is C16H13N3O. The van der Waals surface area contributed by atoms with Gasteiger partial charge in [-0.3, -0.25) is 9.89 Å². The van der Waals surface area contributed by atoms with E-state index in [0.29, 0.717) is 0 Å². The van der Waals surface area contributed by atoms with Gasteiger partial charge in [0.15, 0.2) is 0 Å². The van der Waals surface area contributed by atoms with Gasteiger partial charge in [0.2, 0.25) is 0 Å². The van der Waals surface area contributed by atoms with Crippen molar-refractivity contribution < 1.29 is 0 Å². The average Bonchev–Trinajstić information content (AvgIpc) is 2.82. The van der Waals surface area contributed by atoms with E-state index in [1.807, 2.05) is 32.0 Å². The third-order valence-electron chi connectivity index (χ3n) is 3.96. The fourth-order valence-electron chi connectivity index (χ4n) is 2.94. The van der Waals surface area contributed by atoms with Gasteiger partial charge in [-0.05, 0) is 31.5 Å². The van der Waals surface area contributed by atoms with Gasteiger partial charge in [-0.25, -0.2) is 4.98 Å². The quantitative estimate of drug-likeness (QED) is 0.512. The minimum Gasteiger partial charge on any atom is -0.302 e. The Balaban J connectivity index is 2.38. The molecule has 0 aliphatic rings. The normalized spacial score (nSPS) is 11.7. The number of rotatable bonds is 0. The average molecular weight is 263 g/mol. The predicted molar refractivity (Wildman–Crippen MR) is 81.2 cm³/mol. The summed E-state index contributed by atoms with van der Waals surface area (Å²) >= 11 is 0. The number of aryl methyl sites for hydroxylation is 2. The number of aromatic nitrogens is 3. The largest absolute Gasteiger partial charge is 0.302 e. The lowest BCUT2D eigenvalue weighted by Gasteiger charge is -2.06. The van der Waals surface area contributed by atoms with Gasteiger partial charge in [0.05, 0.1) is 16.4 Å². The minimum absolute atomic E-state index is 0.0999. The molecule has 0 unspecified atom stereocenters. The van der Waals surface area contributed by atoms with Crippen molar-refractivity contribution in [2.24, 2.45) is 0 Å². The van der Waals surface area contributed by atoms with Crippen molar-refractivity contribution in [1.82, 2.24) is 15.2 Å². The number of hydrogen-bond acceptors (Lipinski definition) is 2. The fourth-order valence-corrected chi connectivity index (χ4v) is 2.94. The van der Waals surface area contributed by atoms with E-state index >= 15 is 0 Å². The van der Waals surface area contributed by atoms with Crippen molar-refractivity contribution >= 4 is 32.6 Å². The predicted octanol–water partition coefficient (Wildman–Crippen LogP) is 3.17. The van der Waals surface area contributed by atoms with Crippen molar-refractivity contribution in [3.05, 3.63) is 51.9 Å². The van der Waals surface area contributed by atoms with Gasteiger partial charge in [0.1, 0.15) is 0 Å². The maximum absolute atomic E-state index is 12.1. The Morgan fingerprint density at radius 2 is 1.80 bits per heavy atom. The summed E-state index contributed by atoms with van der Waals surface area (Å²) in [6.07, 6.45) is 0. The second-order valence-electron chi connectivity index (χ2n) is 5.15. The van der Waals surface area contributed by atoms with E-state index in [2.05, 4.69) is 27.3 Å². The van der Waals surface area contributed by atoms with E-state index in [1.165, 1.54) is 0 Å². The van der Waals surface area contributed by atoms with Gasteiger partial charge >= 0.3 is 0 Å². The van der Waals surface area contributed by atoms with Crippen molar-refractivity contribution in [2.75, 3.05) is 0 Å². The van der Waals surface area contributed by atoms with E-state index in [4.69, 9.17) is 0 Å². The number of nitrogens with zero attached hydrogens (tertiary/aromatic N) is 1.